The Bertz CT molecular complexity index is 518. The van der Waals surface area contributed by atoms with Gasteiger partial charge in [0, 0.05) is 13.0 Å². The van der Waals surface area contributed by atoms with Gasteiger partial charge in [-0.05, 0) is 25.9 Å². The largest absolute Gasteiger partial charge is 0.303 e. The first kappa shape index (κ1) is 10.9. The lowest BCUT2D eigenvalue weighted by Gasteiger charge is -2.13. The number of aromatic nitrogens is 4. The highest BCUT2D eigenvalue weighted by atomic mass is 35.5. The normalized spacial score (nSPS) is 17.0. The molecule has 90 valence electrons. The molecule has 0 saturated carbocycles. The third kappa shape index (κ3) is 2.12. The van der Waals surface area contributed by atoms with E-state index in [1.165, 1.54) is 25.9 Å². The number of halogens is 1. The highest BCUT2D eigenvalue weighted by Crippen LogP contribution is 2.13. The fourth-order valence-corrected chi connectivity index (χ4v) is 2.54. The van der Waals surface area contributed by atoms with Gasteiger partial charge in [0.15, 0.2) is 5.65 Å². The number of likely N-dealkylation sites (tertiary alicyclic amines) is 1. The van der Waals surface area contributed by atoms with Crippen LogP contribution in [-0.4, -0.2) is 44.1 Å². The van der Waals surface area contributed by atoms with Crippen LogP contribution in [0, 0.1) is 0 Å². The molecule has 0 spiro atoms. The first-order valence-electron chi connectivity index (χ1n) is 5.90. The highest BCUT2D eigenvalue weighted by molar-refractivity contribution is 6.29. The van der Waals surface area contributed by atoms with Gasteiger partial charge in [-0.3, -0.25) is 9.38 Å². The van der Waals surface area contributed by atoms with Gasteiger partial charge in [0.05, 0.1) is 12.4 Å². The van der Waals surface area contributed by atoms with Crippen molar-refractivity contribution in [2.24, 2.45) is 0 Å². The molecule has 1 aliphatic heterocycles. The average Bonchev–Trinajstić information content (AvgIpc) is 2.95. The van der Waals surface area contributed by atoms with Crippen LogP contribution in [0.15, 0.2) is 12.4 Å². The van der Waals surface area contributed by atoms with E-state index >= 15 is 0 Å². The summed E-state index contributed by atoms with van der Waals surface area (Å²) >= 11 is 6.11. The Labute approximate surface area is 104 Å². The van der Waals surface area contributed by atoms with Crippen molar-refractivity contribution < 1.29 is 0 Å². The highest BCUT2D eigenvalue weighted by Gasteiger charge is 2.14. The molecular formula is C11H14ClN5. The van der Waals surface area contributed by atoms with E-state index in [0.29, 0.717) is 10.8 Å². The molecule has 3 rings (SSSR count). The molecule has 1 fully saturated rings. The Morgan fingerprint density at radius 2 is 2.00 bits per heavy atom. The van der Waals surface area contributed by atoms with Crippen molar-refractivity contribution in [1.29, 1.82) is 0 Å². The van der Waals surface area contributed by atoms with Gasteiger partial charge < -0.3 is 4.90 Å². The van der Waals surface area contributed by atoms with E-state index in [-0.39, 0.29) is 0 Å². The van der Waals surface area contributed by atoms with E-state index in [1.807, 2.05) is 4.40 Å². The molecule has 0 unspecified atom stereocenters. The van der Waals surface area contributed by atoms with Crippen molar-refractivity contribution in [2.45, 2.75) is 19.3 Å². The molecule has 1 saturated heterocycles. The Balaban J connectivity index is 1.80. The molecular weight excluding hydrogens is 238 g/mol. The predicted molar refractivity (Wildman–Crippen MR) is 65.2 cm³/mol. The van der Waals surface area contributed by atoms with Crippen molar-refractivity contribution in [2.75, 3.05) is 19.6 Å². The molecule has 17 heavy (non-hydrogen) atoms. The van der Waals surface area contributed by atoms with Crippen molar-refractivity contribution in [3.05, 3.63) is 23.4 Å². The average molecular weight is 252 g/mol. The summed E-state index contributed by atoms with van der Waals surface area (Å²) in [6.07, 6.45) is 6.80. The van der Waals surface area contributed by atoms with Crippen molar-refractivity contribution in [3.8, 4) is 0 Å². The minimum atomic E-state index is 0.573. The summed E-state index contributed by atoms with van der Waals surface area (Å²) in [5, 5.41) is 8.82. The Hall–Kier alpha value is -1.20. The summed E-state index contributed by atoms with van der Waals surface area (Å²) in [7, 11) is 0. The lowest BCUT2D eigenvalue weighted by Crippen LogP contribution is -2.22. The summed E-state index contributed by atoms with van der Waals surface area (Å²) in [6.45, 7) is 3.43. The maximum absolute atomic E-state index is 6.11. The zero-order chi connectivity index (χ0) is 11.7. The van der Waals surface area contributed by atoms with Gasteiger partial charge in [-0.2, -0.15) is 0 Å². The maximum Gasteiger partial charge on any atom is 0.180 e. The van der Waals surface area contributed by atoms with Gasteiger partial charge in [0.2, 0.25) is 0 Å². The first-order chi connectivity index (χ1) is 8.34. The topological polar surface area (TPSA) is 46.3 Å². The summed E-state index contributed by atoms with van der Waals surface area (Å²) in [6, 6.07) is 0. The number of hydrogen-bond acceptors (Lipinski definition) is 4. The zero-order valence-electron chi connectivity index (χ0n) is 9.51. The number of rotatable bonds is 3. The molecule has 0 radical (unpaired) electrons. The Kier molecular flexibility index (Phi) is 2.94. The Morgan fingerprint density at radius 1 is 1.18 bits per heavy atom. The number of nitrogens with zero attached hydrogens (tertiary/aromatic N) is 5. The molecule has 5 nitrogen and oxygen atoms in total. The summed E-state index contributed by atoms with van der Waals surface area (Å²) in [5.41, 5.74) is 0.717. The van der Waals surface area contributed by atoms with E-state index in [9.17, 15) is 0 Å². The third-order valence-electron chi connectivity index (χ3n) is 3.19. The molecule has 0 aromatic carbocycles. The van der Waals surface area contributed by atoms with Crippen LogP contribution >= 0.6 is 11.6 Å². The fourth-order valence-electron chi connectivity index (χ4n) is 2.30. The minimum absolute atomic E-state index is 0.573. The SMILES string of the molecule is Clc1cncc2nnc(CCN3CCCC3)n12. The molecule has 0 amide bonds. The molecule has 0 atom stereocenters. The minimum Gasteiger partial charge on any atom is -0.303 e. The zero-order valence-corrected chi connectivity index (χ0v) is 10.3. The van der Waals surface area contributed by atoms with Crippen LogP contribution < -0.4 is 0 Å². The lowest BCUT2D eigenvalue weighted by atomic mass is 10.3. The van der Waals surface area contributed by atoms with Gasteiger partial charge in [-0.15, -0.1) is 10.2 Å². The van der Waals surface area contributed by atoms with Gasteiger partial charge >= 0.3 is 0 Å². The van der Waals surface area contributed by atoms with Crippen LogP contribution in [0.3, 0.4) is 0 Å². The van der Waals surface area contributed by atoms with E-state index in [1.54, 1.807) is 12.4 Å². The van der Waals surface area contributed by atoms with Crippen LogP contribution in [0.5, 0.6) is 0 Å². The molecule has 3 heterocycles. The summed E-state index contributed by atoms with van der Waals surface area (Å²) in [4.78, 5) is 6.45. The summed E-state index contributed by atoms with van der Waals surface area (Å²) < 4.78 is 1.87. The molecule has 6 heteroatoms. The molecule has 1 aliphatic rings. The second kappa shape index (κ2) is 4.58. The molecule has 2 aromatic rings. The second-order valence-electron chi connectivity index (χ2n) is 4.34. The lowest BCUT2D eigenvalue weighted by molar-refractivity contribution is 0.340. The molecule has 0 aliphatic carbocycles. The fraction of sp³-hybridized carbons (Fsp3) is 0.545. The first-order valence-corrected chi connectivity index (χ1v) is 6.28. The Morgan fingerprint density at radius 3 is 2.82 bits per heavy atom. The van der Waals surface area contributed by atoms with Gasteiger partial charge in [0.1, 0.15) is 11.0 Å². The van der Waals surface area contributed by atoms with Gasteiger partial charge in [0.25, 0.3) is 0 Å². The quantitative estimate of drug-likeness (QED) is 0.828. The van der Waals surface area contributed by atoms with Crippen molar-refractivity contribution >= 4 is 17.2 Å². The van der Waals surface area contributed by atoms with Crippen LogP contribution in [0.2, 0.25) is 5.15 Å². The second-order valence-corrected chi connectivity index (χ2v) is 4.73. The smallest absolute Gasteiger partial charge is 0.180 e. The summed E-state index contributed by atoms with van der Waals surface area (Å²) in [5.74, 6) is 0.916. The van der Waals surface area contributed by atoms with E-state index in [4.69, 9.17) is 11.6 Å². The van der Waals surface area contributed by atoms with Crippen LogP contribution in [0.4, 0.5) is 0 Å². The van der Waals surface area contributed by atoms with E-state index in [0.717, 1.165) is 18.8 Å². The van der Waals surface area contributed by atoms with Crippen LogP contribution in [0.1, 0.15) is 18.7 Å². The number of fused-ring (bicyclic) bond motifs is 1. The number of hydrogen-bond donors (Lipinski definition) is 0. The molecule has 0 bridgehead atoms. The molecule has 0 N–H and O–H groups in total. The van der Waals surface area contributed by atoms with E-state index in [2.05, 4.69) is 20.1 Å². The maximum atomic E-state index is 6.11. The van der Waals surface area contributed by atoms with E-state index < -0.39 is 0 Å². The van der Waals surface area contributed by atoms with Crippen LogP contribution in [0.25, 0.3) is 5.65 Å². The standard InChI is InChI=1S/C11H14ClN5/c12-9-7-13-8-11-15-14-10(17(9)11)3-6-16-4-1-2-5-16/h7-8H,1-6H2. The monoisotopic (exact) mass is 251 g/mol. The van der Waals surface area contributed by atoms with Gasteiger partial charge in [-0.25, -0.2) is 0 Å². The predicted octanol–water partition coefficient (Wildman–Crippen LogP) is 1.42. The third-order valence-corrected chi connectivity index (χ3v) is 3.46. The molecule has 2 aromatic heterocycles. The van der Waals surface area contributed by atoms with Crippen molar-refractivity contribution in [3.63, 3.8) is 0 Å². The van der Waals surface area contributed by atoms with Crippen molar-refractivity contribution in [1.82, 2.24) is 24.5 Å². The van der Waals surface area contributed by atoms with Crippen LogP contribution in [-0.2, 0) is 6.42 Å². The van der Waals surface area contributed by atoms with Gasteiger partial charge in [-0.1, -0.05) is 11.6 Å².